The van der Waals surface area contributed by atoms with Gasteiger partial charge in [0.25, 0.3) is 0 Å². The topological polar surface area (TPSA) is 0 Å². The summed E-state index contributed by atoms with van der Waals surface area (Å²) in [4.78, 5) is 1.43. The lowest BCUT2D eigenvalue weighted by atomic mass is 10.1. The largest absolute Gasteiger partial charge is 0.123 e. The van der Waals surface area contributed by atoms with Crippen molar-refractivity contribution in [2.75, 3.05) is 0 Å². The zero-order valence-electron chi connectivity index (χ0n) is 9.01. The van der Waals surface area contributed by atoms with Crippen molar-refractivity contribution in [2.45, 2.75) is 43.8 Å². The fraction of sp³-hybridized carbons (Fsp3) is 0.500. The maximum absolute atomic E-state index is 3.62. The highest BCUT2D eigenvalue weighted by Crippen LogP contribution is 2.32. The van der Waals surface area contributed by atoms with E-state index in [0.717, 1.165) is 6.42 Å². The van der Waals surface area contributed by atoms with Gasteiger partial charge in [0.05, 0.1) is 0 Å². The highest BCUT2D eigenvalue weighted by atomic mass is 79.9. The first-order valence-electron chi connectivity index (χ1n) is 5.09. The fourth-order valence-electron chi connectivity index (χ4n) is 1.40. The van der Waals surface area contributed by atoms with E-state index in [0.29, 0.717) is 5.25 Å². The standard InChI is InChI=1S/C12H17BrS/c1-4-6-10-11(13)7-5-8-12(10)14-9(2)3/h5,7-9H,4,6H2,1-3H3. The summed E-state index contributed by atoms with van der Waals surface area (Å²) in [5.41, 5.74) is 1.47. The second kappa shape index (κ2) is 5.82. The molecule has 14 heavy (non-hydrogen) atoms. The summed E-state index contributed by atoms with van der Waals surface area (Å²) in [5.74, 6) is 0. The third-order valence-electron chi connectivity index (χ3n) is 1.94. The van der Waals surface area contributed by atoms with Crippen LogP contribution in [-0.4, -0.2) is 5.25 Å². The van der Waals surface area contributed by atoms with Gasteiger partial charge >= 0.3 is 0 Å². The molecule has 0 heterocycles. The molecule has 78 valence electrons. The number of benzene rings is 1. The average Bonchev–Trinajstić information content (AvgIpc) is 2.10. The van der Waals surface area contributed by atoms with Crippen LogP contribution in [0.25, 0.3) is 0 Å². The minimum Gasteiger partial charge on any atom is -0.123 e. The Morgan fingerprint density at radius 2 is 2.07 bits per heavy atom. The van der Waals surface area contributed by atoms with Crippen molar-refractivity contribution < 1.29 is 0 Å². The van der Waals surface area contributed by atoms with E-state index >= 15 is 0 Å². The minimum absolute atomic E-state index is 0.653. The van der Waals surface area contributed by atoms with Gasteiger partial charge in [0.1, 0.15) is 0 Å². The van der Waals surface area contributed by atoms with Crippen LogP contribution in [0.4, 0.5) is 0 Å². The zero-order chi connectivity index (χ0) is 10.6. The van der Waals surface area contributed by atoms with Gasteiger partial charge in [-0.05, 0) is 24.1 Å². The van der Waals surface area contributed by atoms with Gasteiger partial charge in [0, 0.05) is 14.6 Å². The van der Waals surface area contributed by atoms with Crippen molar-refractivity contribution in [3.05, 3.63) is 28.2 Å². The number of hydrogen-bond donors (Lipinski definition) is 0. The van der Waals surface area contributed by atoms with E-state index in [1.165, 1.54) is 21.4 Å². The van der Waals surface area contributed by atoms with Crippen LogP contribution in [0, 0.1) is 0 Å². The third-order valence-corrected chi connectivity index (χ3v) is 3.79. The summed E-state index contributed by atoms with van der Waals surface area (Å²) >= 11 is 5.57. The second-order valence-corrected chi connectivity index (χ2v) is 6.11. The monoisotopic (exact) mass is 272 g/mol. The van der Waals surface area contributed by atoms with Crippen LogP contribution in [0.2, 0.25) is 0 Å². The van der Waals surface area contributed by atoms with Crippen LogP contribution >= 0.6 is 27.7 Å². The van der Waals surface area contributed by atoms with E-state index in [1.54, 1.807) is 0 Å². The molecule has 1 aromatic carbocycles. The van der Waals surface area contributed by atoms with E-state index in [-0.39, 0.29) is 0 Å². The Balaban J connectivity index is 2.95. The lowest BCUT2D eigenvalue weighted by Crippen LogP contribution is -1.93. The van der Waals surface area contributed by atoms with Crippen LogP contribution in [-0.2, 0) is 6.42 Å². The first-order chi connectivity index (χ1) is 6.65. The summed E-state index contributed by atoms with van der Waals surface area (Å²) < 4.78 is 1.25. The number of thioether (sulfide) groups is 1. The summed E-state index contributed by atoms with van der Waals surface area (Å²) in [6, 6.07) is 6.48. The predicted octanol–water partition coefficient (Wildman–Crippen LogP) is 4.90. The van der Waals surface area contributed by atoms with Crippen molar-refractivity contribution in [3.8, 4) is 0 Å². The van der Waals surface area contributed by atoms with Crippen LogP contribution < -0.4 is 0 Å². The Bertz CT molecular complexity index is 294. The molecular formula is C12H17BrS. The number of rotatable bonds is 4. The van der Waals surface area contributed by atoms with E-state index in [4.69, 9.17) is 0 Å². The molecule has 0 aliphatic rings. The van der Waals surface area contributed by atoms with Gasteiger partial charge in [-0.15, -0.1) is 11.8 Å². The predicted molar refractivity (Wildman–Crippen MR) is 69.1 cm³/mol. The number of halogens is 1. The quantitative estimate of drug-likeness (QED) is 0.703. The molecular weight excluding hydrogens is 256 g/mol. The highest BCUT2D eigenvalue weighted by Gasteiger charge is 2.07. The fourth-order valence-corrected chi connectivity index (χ4v) is 3.11. The molecule has 0 unspecified atom stereocenters. The smallest absolute Gasteiger partial charge is 0.0218 e. The van der Waals surface area contributed by atoms with Crippen LogP contribution in [0.1, 0.15) is 32.8 Å². The van der Waals surface area contributed by atoms with Gasteiger partial charge in [-0.2, -0.15) is 0 Å². The molecule has 0 atom stereocenters. The van der Waals surface area contributed by atoms with Gasteiger partial charge in [-0.1, -0.05) is 49.2 Å². The molecule has 1 rings (SSSR count). The molecule has 2 heteroatoms. The molecule has 0 aliphatic heterocycles. The second-order valence-electron chi connectivity index (χ2n) is 3.63. The Morgan fingerprint density at radius 3 is 2.64 bits per heavy atom. The van der Waals surface area contributed by atoms with Crippen LogP contribution in [0.15, 0.2) is 27.6 Å². The third kappa shape index (κ3) is 3.32. The lowest BCUT2D eigenvalue weighted by molar-refractivity contribution is 0.893. The summed E-state index contributed by atoms with van der Waals surface area (Å²) in [6.07, 6.45) is 2.37. The van der Waals surface area contributed by atoms with Crippen molar-refractivity contribution in [1.29, 1.82) is 0 Å². The molecule has 0 saturated heterocycles. The summed E-state index contributed by atoms with van der Waals surface area (Å²) in [7, 11) is 0. The van der Waals surface area contributed by atoms with Gasteiger partial charge in [0.15, 0.2) is 0 Å². The highest BCUT2D eigenvalue weighted by molar-refractivity contribution is 9.10. The van der Waals surface area contributed by atoms with Gasteiger partial charge in [0.2, 0.25) is 0 Å². The molecule has 0 spiro atoms. The zero-order valence-corrected chi connectivity index (χ0v) is 11.4. The number of hydrogen-bond acceptors (Lipinski definition) is 1. The van der Waals surface area contributed by atoms with Crippen molar-refractivity contribution in [2.24, 2.45) is 0 Å². The Morgan fingerprint density at radius 1 is 1.36 bits per heavy atom. The van der Waals surface area contributed by atoms with E-state index in [2.05, 4.69) is 54.9 Å². The molecule has 0 bridgehead atoms. The van der Waals surface area contributed by atoms with E-state index in [1.807, 2.05) is 11.8 Å². The summed E-state index contributed by atoms with van der Waals surface area (Å²) in [6.45, 7) is 6.70. The van der Waals surface area contributed by atoms with E-state index < -0.39 is 0 Å². The Labute approximate surface area is 99.6 Å². The first-order valence-corrected chi connectivity index (χ1v) is 6.76. The summed E-state index contributed by atoms with van der Waals surface area (Å²) in [5, 5.41) is 0.653. The maximum Gasteiger partial charge on any atom is 0.0218 e. The minimum atomic E-state index is 0.653. The molecule has 0 amide bonds. The maximum atomic E-state index is 3.62. The lowest BCUT2D eigenvalue weighted by Gasteiger charge is -2.12. The molecule has 0 aromatic heterocycles. The van der Waals surface area contributed by atoms with Crippen molar-refractivity contribution in [3.63, 3.8) is 0 Å². The molecule has 0 nitrogen and oxygen atoms in total. The molecule has 0 fully saturated rings. The van der Waals surface area contributed by atoms with Gasteiger partial charge < -0.3 is 0 Å². The molecule has 1 aromatic rings. The van der Waals surface area contributed by atoms with Crippen LogP contribution in [0.3, 0.4) is 0 Å². The molecule has 0 aliphatic carbocycles. The molecule has 0 N–H and O–H groups in total. The Kier molecular flexibility index (Phi) is 5.04. The van der Waals surface area contributed by atoms with Gasteiger partial charge in [-0.3, -0.25) is 0 Å². The van der Waals surface area contributed by atoms with Crippen molar-refractivity contribution >= 4 is 27.7 Å². The SMILES string of the molecule is CCCc1c(Br)cccc1SC(C)C. The van der Waals surface area contributed by atoms with Crippen LogP contribution in [0.5, 0.6) is 0 Å². The normalized spacial score (nSPS) is 10.9. The first kappa shape index (κ1) is 12.1. The molecule has 0 radical (unpaired) electrons. The van der Waals surface area contributed by atoms with Crippen molar-refractivity contribution in [1.82, 2.24) is 0 Å². The van der Waals surface area contributed by atoms with E-state index in [9.17, 15) is 0 Å². The Hall–Kier alpha value is 0.0500. The average molecular weight is 273 g/mol. The van der Waals surface area contributed by atoms with Gasteiger partial charge in [-0.25, -0.2) is 0 Å². The molecule has 0 saturated carbocycles.